The summed E-state index contributed by atoms with van der Waals surface area (Å²) >= 11 is 0. The first-order valence-electron chi connectivity index (χ1n) is 9.24. The number of fused-ring (bicyclic) bond motifs is 1. The third kappa shape index (κ3) is 3.65. The summed E-state index contributed by atoms with van der Waals surface area (Å²) in [6, 6.07) is 5.68. The van der Waals surface area contributed by atoms with E-state index in [0.717, 1.165) is 13.1 Å². The second kappa shape index (κ2) is 7.41. The molecule has 1 amide bonds. The monoisotopic (exact) mass is 435 g/mol. The van der Waals surface area contributed by atoms with E-state index in [0.29, 0.717) is 16.8 Å². The lowest BCUT2D eigenvalue weighted by molar-refractivity contribution is -0.287. The van der Waals surface area contributed by atoms with Crippen molar-refractivity contribution in [3.63, 3.8) is 0 Å². The third-order valence-electron chi connectivity index (χ3n) is 5.11. The minimum absolute atomic E-state index is 0.120. The summed E-state index contributed by atoms with van der Waals surface area (Å²) in [7, 11) is 1.46. The van der Waals surface area contributed by atoms with Crippen LogP contribution in [-0.2, 0) is 17.9 Å². The Hall–Kier alpha value is -3.34. The van der Waals surface area contributed by atoms with Crippen LogP contribution in [0.2, 0.25) is 0 Å². The van der Waals surface area contributed by atoms with Gasteiger partial charge in [0, 0.05) is 18.8 Å². The van der Waals surface area contributed by atoms with Crippen molar-refractivity contribution >= 4 is 5.91 Å². The van der Waals surface area contributed by atoms with E-state index in [9.17, 15) is 22.4 Å². The van der Waals surface area contributed by atoms with Gasteiger partial charge >= 0.3 is 6.18 Å². The number of hydrogen-bond donors (Lipinski definition) is 1. The van der Waals surface area contributed by atoms with E-state index in [4.69, 9.17) is 4.74 Å². The Bertz CT molecular complexity index is 1140. The van der Waals surface area contributed by atoms with Crippen LogP contribution < -0.4 is 5.32 Å². The average Bonchev–Trinajstić information content (AvgIpc) is 3.11. The molecule has 0 radical (unpaired) electrons. The summed E-state index contributed by atoms with van der Waals surface area (Å²) in [5.41, 5.74) is -0.454. The molecule has 0 fully saturated rings. The van der Waals surface area contributed by atoms with E-state index in [1.54, 1.807) is 6.07 Å². The molecule has 31 heavy (non-hydrogen) atoms. The van der Waals surface area contributed by atoms with Crippen molar-refractivity contribution in [1.29, 1.82) is 0 Å². The number of nitrogens with one attached hydrogen (secondary N) is 1. The summed E-state index contributed by atoms with van der Waals surface area (Å²) in [6.07, 6.45) is -2.19. The Morgan fingerprint density at radius 3 is 2.68 bits per heavy atom. The second-order valence-corrected chi connectivity index (χ2v) is 7.22. The van der Waals surface area contributed by atoms with Gasteiger partial charge < -0.3 is 10.1 Å². The standard InChI is InChI=1S/C20H17F4N5O2/c1-19(20(22,23)24)10-29-15(9-31-19)16(11-5-6-26-14(7-11)18(30)25-2)17(28-29)13-4-3-12(21)8-27-13/h3-8H,9-10H2,1-2H3,(H,25,30). The lowest BCUT2D eigenvalue weighted by atomic mass is 9.99. The van der Waals surface area contributed by atoms with E-state index >= 15 is 0 Å². The summed E-state index contributed by atoms with van der Waals surface area (Å²) < 4.78 is 60.4. The Morgan fingerprint density at radius 1 is 1.26 bits per heavy atom. The minimum Gasteiger partial charge on any atom is -0.358 e. The van der Waals surface area contributed by atoms with Gasteiger partial charge in [0.05, 0.1) is 30.7 Å². The number of carbonyl (C=O) groups excluding carboxylic acids is 1. The quantitative estimate of drug-likeness (QED) is 0.638. The van der Waals surface area contributed by atoms with Crippen LogP contribution >= 0.6 is 0 Å². The number of rotatable bonds is 3. The van der Waals surface area contributed by atoms with Gasteiger partial charge in [0.25, 0.3) is 5.91 Å². The fraction of sp³-hybridized carbons (Fsp3) is 0.300. The molecule has 1 aliphatic rings. The molecule has 1 atom stereocenters. The number of ether oxygens (including phenoxy) is 1. The molecular formula is C20H17F4N5O2. The molecule has 0 aliphatic carbocycles. The highest BCUT2D eigenvalue weighted by Crippen LogP contribution is 2.42. The smallest absolute Gasteiger partial charge is 0.358 e. The first-order chi connectivity index (χ1) is 14.6. The fourth-order valence-electron chi connectivity index (χ4n) is 3.34. The van der Waals surface area contributed by atoms with Crippen LogP contribution in [0.1, 0.15) is 23.1 Å². The van der Waals surface area contributed by atoms with Crippen LogP contribution in [0.15, 0.2) is 36.7 Å². The van der Waals surface area contributed by atoms with Crippen LogP contribution in [-0.4, -0.2) is 44.5 Å². The zero-order valence-electron chi connectivity index (χ0n) is 16.5. The van der Waals surface area contributed by atoms with Gasteiger partial charge in [0.2, 0.25) is 0 Å². The van der Waals surface area contributed by atoms with Gasteiger partial charge in [-0.05, 0) is 36.8 Å². The van der Waals surface area contributed by atoms with Gasteiger partial charge in [-0.15, -0.1) is 0 Å². The van der Waals surface area contributed by atoms with Crippen LogP contribution in [0.3, 0.4) is 0 Å². The predicted molar refractivity (Wildman–Crippen MR) is 101 cm³/mol. The molecule has 1 N–H and O–H groups in total. The van der Waals surface area contributed by atoms with E-state index in [1.165, 1.54) is 36.1 Å². The topological polar surface area (TPSA) is 81.9 Å². The molecule has 4 rings (SSSR count). The number of halogens is 4. The highest BCUT2D eigenvalue weighted by atomic mass is 19.4. The van der Waals surface area contributed by atoms with Crippen molar-refractivity contribution in [1.82, 2.24) is 25.1 Å². The molecule has 3 aromatic rings. The molecule has 0 spiro atoms. The normalized spacial score (nSPS) is 18.5. The summed E-state index contributed by atoms with van der Waals surface area (Å²) in [5, 5.41) is 6.83. The predicted octanol–water partition coefficient (Wildman–Crippen LogP) is 3.36. The van der Waals surface area contributed by atoms with Gasteiger partial charge in [-0.1, -0.05) is 0 Å². The van der Waals surface area contributed by atoms with Crippen molar-refractivity contribution in [2.45, 2.75) is 31.9 Å². The van der Waals surface area contributed by atoms with E-state index in [2.05, 4.69) is 20.4 Å². The van der Waals surface area contributed by atoms with Crippen molar-refractivity contribution in [3.05, 3.63) is 53.9 Å². The summed E-state index contributed by atoms with van der Waals surface area (Å²) in [6.45, 7) is 0.0355. The molecule has 7 nitrogen and oxygen atoms in total. The molecule has 1 unspecified atom stereocenters. The zero-order valence-corrected chi connectivity index (χ0v) is 16.5. The molecule has 0 aromatic carbocycles. The molecule has 0 saturated heterocycles. The largest absolute Gasteiger partial charge is 0.419 e. The maximum absolute atomic E-state index is 13.5. The Balaban J connectivity index is 1.90. The molecule has 1 aliphatic heterocycles. The Labute approximate surface area is 174 Å². The summed E-state index contributed by atoms with van der Waals surface area (Å²) in [5.74, 6) is -0.988. The molecule has 162 valence electrons. The minimum atomic E-state index is -4.60. The van der Waals surface area contributed by atoms with Crippen molar-refractivity contribution in [3.8, 4) is 22.5 Å². The van der Waals surface area contributed by atoms with Crippen molar-refractivity contribution in [2.24, 2.45) is 0 Å². The van der Waals surface area contributed by atoms with E-state index < -0.39 is 30.0 Å². The third-order valence-corrected chi connectivity index (χ3v) is 5.11. The van der Waals surface area contributed by atoms with Crippen LogP contribution in [0.5, 0.6) is 0 Å². The van der Waals surface area contributed by atoms with Crippen molar-refractivity contribution < 1.29 is 27.1 Å². The number of hydrogen-bond acceptors (Lipinski definition) is 5. The maximum atomic E-state index is 13.5. The highest BCUT2D eigenvalue weighted by molar-refractivity contribution is 5.94. The number of aromatic nitrogens is 4. The Kier molecular flexibility index (Phi) is 5.00. The van der Waals surface area contributed by atoms with Crippen LogP contribution in [0.25, 0.3) is 22.5 Å². The number of pyridine rings is 2. The van der Waals surface area contributed by atoms with Gasteiger partial charge in [-0.2, -0.15) is 18.3 Å². The SMILES string of the molecule is CNC(=O)c1cc(-c2c(-c3ccc(F)cn3)nn3c2COC(C)(C(F)(F)F)C3)ccn1. The molecule has 4 heterocycles. The van der Waals surface area contributed by atoms with E-state index in [1.807, 2.05) is 0 Å². The molecule has 11 heteroatoms. The number of amides is 1. The maximum Gasteiger partial charge on any atom is 0.419 e. The van der Waals surface area contributed by atoms with Crippen LogP contribution in [0, 0.1) is 5.82 Å². The summed E-state index contributed by atoms with van der Waals surface area (Å²) in [4.78, 5) is 20.1. The van der Waals surface area contributed by atoms with Crippen molar-refractivity contribution in [2.75, 3.05) is 7.05 Å². The average molecular weight is 435 g/mol. The first-order valence-corrected chi connectivity index (χ1v) is 9.24. The number of alkyl halides is 3. The second-order valence-electron chi connectivity index (χ2n) is 7.22. The fourth-order valence-corrected chi connectivity index (χ4v) is 3.34. The number of nitrogens with zero attached hydrogens (tertiary/aromatic N) is 4. The number of carbonyl (C=O) groups is 1. The van der Waals surface area contributed by atoms with Gasteiger partial charge in [0.1, 0.15) is 17.2 Å². The molecule has 3 aromatic heterocycles. The van der Waals surface area contributed by atoms with Crippen LogP contribution in [0.4, 0.5) is 17.6 Å². The molecular weight excluding hydrogens is 418 g/mol. The van der Waals surface area contributed by atoms with Gasteiger partial charge in [-0.3, -0.25) is 19.4 Å². The Morgan fingerprint density at radius 2 is 2.03 bits per heavy atom. The first kappa shape index (κ1) is 20.9. The molecule has 0 saturated carbocycles. The zero-order chi connectivity index (χ0) is 22.4. The lowest BCUT2D eigenvalue weighted by Gasteiger charge is -2.36. The van der Waals surface area contributed by atoms with Gasteiger partial charge in [-0.25, -0.2) is 4.39 Å². The lowest BCUT2D eigenvalue weighted by Crippen LogP contribution is -2.51. The molecule has 0 bridgehead atoms. The van der Waals surface area contributed by atoms with E-state index in [-0.39, 0.29) is 23.7 Å². The van der Waals surface area contributed by atoms with Gasteiger partial charge in [0.15, 0.2) is 5.60 Å². The highest BCUT2D eigenvalue weighted by Gasteiger charge is 2.55.